The highest BCUT2D eigenvalue weighted by atomic mass is 16.4. The average Bonchev–Trinajstić information content (AvgIpc) is 1.81. The van der Waals surface area contributed by atoms with E-state index in [9.17, 15) is 0 Å². The summed E-state index contributed by atoms with van der Waals surface area (Å²) in [6.07, 6.45) is 1.41. The van der Waals surface area contributed by atoms with Gasteiger partial charge in [0, 0.05) is 12.7 Å². The van der Waals surface area contributed by atoms with Crippen LogP contribution in [0.1, 0.15) is 6.92 Å². The van der Waals surface area contributed by atoms with Crippen molar-refractivity contribution in [1.82, 2.24) is 0 Å². The summed E-state index contributed by atoms with van der Waals surface area (Å²) in [6.45, 7) is 1.65. The fraction of sp³-hybridized carbons (Fsp3) is 0.400. The molecule has 0 aliphatic carbocycles. The van der Waals surface area contributed by atoms with E-state index in [1.165, 1.54) is 13.1 Å². The number of nitrogens with two attached hydrogens (primary N) is 1. The fourth-order valence-electron chi connectivity index (χ4n) is 0.488. The summed E-state index contributed by atoms with van der Waals surface area (Å²) < 4.78 is 0. The van der Waals surface area contributed by atoms with Gasteiger partial charge in [-0.15, -0.1) is 0 Å². The molecule has 0 rings (SSSR count). The van der Waals surface area contributed by atoms with Gasteiger partial charge in [-0.3, -0.25) is 4.99 Å². The van der Waals surface area contributed by atoms with Crippen LogP contribution < -0.4 is 5.73 Å². The quantitative estimate of drug-likeness (QED) is 0.339. The van der Waals surface area contributed by atoms with Crippen molar-refractivity contribution in [2.75, 3.05) is 7.05 Å². The Bertz CT molecular complexity index is 161. The molecule has 0 atom stereocenters. The number of nitrogens with zero attached hydrogens (tertiary/aromatic N) is 1. The Labute approximate surface area is 60.2 Å². The first kappa shape index (κ1) is 9.19. The molecular weight excluding hydrogens is 131 g/mol. The number of hydrogen-bond donors (Lipinski definition) is 3. The van der Waals surface area contributed by atoms with Gasteiger partial charge < -0.3 is 15.8 Å². The molecule has 0 fully saturated rings. The number of aliphatic imine (C=N–C) groups is 1. The number of hydrogen-bond acceptors (Lipinski definition) is 4. The zero-order valence-electron chi connectivity index (χ0n) is 6.07. The van der Waals surface area contributed by atoms with Crippen molar-refractivity contribution in [2.24, 2.45) is 10.7 Å². The van der Waals surface area contributed by atoms with Gasteiger partial charge in [0.25, 0.3) is 0 Å². The minimum absolute atomic E-state index is 0.167. The van der Waals surface area contributed by atoms with E-state index in [1.807, 2.05) is 0 Å². The van der Waals surface area contributed by atoms with Crippen molar-refractivity contribution in [2.45, 2.75) is 6.92 Å². The molecule has 0 radical (unpaired) electrons. The molecule has 0 heterocycles. The molecule has 0 saturated heterocycles. The third kappa shape index (κ3) is 3.27. The summed E-state index contributed by atoms with van der Waals surface area (Å²) in [4.78, 5) is 3.59. The van der Waals surface area contributed by atoms with Gasteiger partial charge in [0.1, 0.15) is 0 Å². The summed E-state index contributed by atoms with van der Waals surface area (Å²) in [7, 11) is -0.0719. The maximum Gasteiger partial charge on any atom is 0.507 e. The Balaban J connectivity index is 4.26. The predicted octanol–water partition coefficient (Wildman–Crippen LogP) is -1.07. The van der Waals surface area contributed by atoms with Crippen LogP contribution in [-0.4, -0.2) is 29.8 Å². The largest absolute Gasteiger partial charge is 0.507 e. The van der Waals surface area contributed by atoms with Crippen molar-refractivity contribution >= 4 is 12.7 Å². The molecule has 10 heavy (non-hydrogen) atoms. The molecule has 0 aromatic heterocycles. The Morgan fingerprint density at radius 2 is 2.10 bits per heavy atom. The summed E-state index contributed by atoms with van der Waals surface area (Å²) in [5.41, 5.74) is 5.93. The summed E-state index contributed by atoms with van der Waals surface area (Å²) in [5.74, 6) is 0. The topological polar surface area (TPSA) is 78.8 Å². The molecule has 0 spiro atoms. The zero-order chi connectivity index (χ0) is 8.15. The maximum absolute atomic E-state index is 8.59. The van der Waals surface area contributed by atoms with Gasteiger partial charge in [0.05, 0.1) is 5.61 Å². The molecule has 0 bridgehead atoms. The van der Waals surface area contributed by atoms with E-state index in [0.29, 0.717) is 5.70 Å². The second-order valence-electron chi connectivity index (χ2n) is 1.91. The Kier molecular flexibility index (Phi) is 3.75. The second kappa shape index (κ2) is 4.08. The van der Waals surface area contributed by atoms with Crippen molar-refractivity contribution in [1.29, 1.82) is 0 Å². The first-order valence-electron chi connectivity index (χ1n) is 2.84. The molecule has 56 valence electrons. The van der Waals surface area contributed by atoms with Crippen molar-refractivity contribution in [3.8, 4) is 0 Å². The van der Waals surface area contributed by atoms with Gasteiger partial charge in [0.2, 0.25) is 0 Å². The van der Waals surface area contributed by atoms with Crippen LogP contribution in [0.2, 0.25) is 0 Å². The van der Waals surface area contributed by atoms with E-state index in [1.54, 1.807) is 6.92 Å². The van der Waals surface area contributed by atoms with Crippen molar-refractivity contribution < 1.29 is 10.0 Å². The third-order valence-electron chi connectivity index (χ3n) is 0.898. The van der Waals surface area contributed by atoms with Gasteiger partial charge in [-0.05, 0) is 13.0 Å². The average molecular weight is 142 g/mol. The van der Waals surface area contributed by atoms with Crippen LogP contribution in [0.15, 0.2) is 16.8 Å². The van der Waals surface area contributed by atoms with Crippen molar-refractivity contribution in [3.05, 3.63) is 11.8 Å². The number of allylic oxidation sites excluding steroid dienone is 2. The van der Waals surface area contributed by atoms with E-state index >= 15 is 0 Å². The second-order valence-corrected chi connectivity index (χ2v) is 1.91. The number of rotatable bonds is 2. The molecule has 0 unspecified atom stereocenters. The molecule has 0 amide bonds. The van der Waals surface area contributed by atoms with E-state index in [2.05, 4.69) is 4.99 Å². The monoisotopic (exact) mass is 142 g/mol. The smallest absolute Gasteiger partial charge is 0.422 e. The first-order valence-corrected chi connectivity index (χ1v) is 2.84. The van der Waals surface area contributed by atoms with E-state index in [-0.39, 0.29) is 5.61 Å². The molecule has 4 nitrogen and oxygen atoms in total. The zero-order valence-corrected chi connectivity index (χ0v) is 6.07. The van der Waals surface area contributed by atoms with E-state index in [0.717, 1.165) is 0 Å². The van der Waals surface area contributed by atoms with E-state index in [4.69, 9.17) is 15.8 Å². The highest BCUT2D eigenvalue weighted by Crippen LogP contribution is 1.86. The van der Waals surface area contributed by atoms with Crippen LogP contribution in [0, 0.1) is 0 Å². The van der Waals surface area contributed by atoms with Crippen LogP contribution in [0.3, 0.4) is 0 Å². The van der Waals surface area contributed by atoms with E-state index < -0.39 is 7.12 Å². The van der Waals surface area contributed by atoms with Gasteiger partial charge in [-0.2, -0.15) is 0 Å². The minimum atomic E-state index is -1.54. The minimum Gasteiger partial charge on any atom is -0.422 e. The van der Waals surface area contributed by atoms with Crippen LogP contribution in [0.4, 0.5) is 0 Å². The molecular formula is C5H11BN2O2. The van der Waals surface area contributed by atoms with Crippen molar-refractivity contribution in [3.63, 3.8) is 0 Å². The fourth-order valence-corrected chi connectivity index (χ4v) is 0.488. The maximum atomic E-state index is 8.59. The highest BCUT2D eigenvalue weighted by Gasteiger charge is 2.12. The summed E-state index contributed by atoms with van der Waals surface area (Å²) in [5, 5.41) is 17.2. The van der Waals surface area contributed by atoms with Gasteiger partial charge in [-0.1, -0.05) is 0 Å². The lowest BCUT2D eigenvalue weighted by Crippen LogP contribution is -2.24. The molecule has 0 aromatic carbocycles. The summed E-state index contributed by atoms with van der Waals surface area (Å²) >= 11 is 0. The molecule has 0 saturated carbocycles. The van der Waals surface area contributed by atoms with Gasteiger partial charge in [-0.25, -0.2) is 0 Å². The van der Waals surface area contributed by atoms with Crippen LogP contribution >= 0.6 is 0 Å². The molecule has 4 N–H and O–H groups in total. The predicted molar refractivity (Wildman–Crippen MR) is 41.5 cm³/mol. The molecule has 5 heteroatoms. The lowest BCUT2D eigenvalue weighted by atomic mass is 9.83. The van der Waals surface area contributed by atoms with Crippen LogP contribution in [-0.2, 0) is 0 Å². The molecule has 0 aliphatic heterocycles. The first-order chi connectivity index (χ1) is 4.57. The lowest BCUT2D eigenvalue weighted by molar-refractivity contribution is 0.430. The van der Waals surface area contributed by atoms with Crippen LogP contribution in [0.5, 0.6) is 0 Å². The Hall–Kier alpha value is -0.805. The molecule has 0 aromatic rings. The normalized spacial score (nSPS) is 13.6. The standard InChI is InChI=1S/C5H11BN2O2/c1-4(7)3-5(8-2)6(9)10/h3,9-10H,7H2,1-2H3. The van der Waals surface area contributed by atoms with Crippen LogP contribution in [0.25, 0.3) is 0 Å². The summed E-state index contributed by atoms with van der Waals surface area (Å²) in [6, 6.07) is 0. The SMILES string of the molecule is CN=C(C=C(C)N)B(O)O. The lowest BCUT2D eigenvalue weighted by Gasteiger charge is -1.96. The Morgan fingerprint density at radius 3 is 2.20 bits per heavy atom. The highest BCUT2D eigenvalue weighted by molar-refractivity contribution is 6.82. The third-order valence-corrected chi connectivity index (χ3v) is 0.898. The van der Waals surface area contributed by atoms with Gasteiger partial charge >= 0.3 is 7.12 Å². The molecule has 0 aliphatic rings. The Morgan fingerprint density at radius 1 is 1.60 bits per heavy atom. The van der Waals surface area contributed by atoms with Gasteiger partial charge in [0.15, 0.2) is 0 Å².